The van der Waals surface area contributed by atoms with Crippen LogP contribution in [0.1, 0.15) is 11.1 Å². The van der Waals surface area contributed by atoms with Gasteiger partial charge in [0.15, 0.2) is 0 Å². The molecule has 0 bridgehead atoms. The molecule has 20 heavy (non-hydrogen) atoms. The zero-order valence-corrected chi connectivity index (χ0v) is 11.6. The number of hydrogen-bond acceptors (Lipinski definition) is 2. The molecule has 3 aromatic rings. The van der Waals surface area contributed by atoms with Crippen LogP contribution in [0, 0.1) is 0 Å². The van der Waals surface area contributed by atoms with Gasteiger partial charge in [-0.1, -0.05) is 48.0 Å². The van der Waals surface area contributed by atoms with Gasteiger partial charge in [-0.15, -0.1) is 0 Å². The lowest BCUT2D eigenvalue weighted by Gasteiger charge is -2.11. The van der Waals surface area contributed by atoms with Crippen LogP contribution in [0.3, 0.4) is 0 Å². The lowest BCUT2D eigenvalue weighted by molar-refractivity contribution is 0.470. The zero-order valence-electron chi connectivity index (χ0n) is 10.8. The van der Waals surface area contributed by atoms with Crippen LogP contribution in [0.25, 0.3) is 10.8 Å². The van der Waals surface area contributed by atoms with E-state index in [-0.39, 0.29) is 5.75 Å². The number of benzene rings is 3. The molecule has 0 heterocycles. The second kappa shape index (κ2) is 5.06. The Morgan fingerprint density at radius 2 is 1.80 bits per heavy atom. The maximum atomic E-state index is 10.1. The summed E-state index contributed by atoms with van der Waals surface area (Å²) in [4.78, 5) is 0. The minimum Gasteiger partial charge on any atom is -0.508 e. The van der Waals surface area contributed by atoms with Crippen molar-refractivity contribution >= 4 is 28.1 Å². The molecule has 0 amide bonds. The molecule has 3 heteroatoms. The van der Waals surface area contributed by atoms with Gasteiger partial charge in [-0.2, -0.15) is 0 Å². The molecule has 2 nitrogen and oxygen atoms in total. The van der Waals surface area contributed by atoms with E-state index in [9.17, 15) is 5.11 Å². The second-order valence-electron chi connectivity index (χ2n) is 4.80. The van der Waals surface area contributed by atoms with Crippen molar-refractivity contribution in [2.45, 2.75) is 6.42 Å². The number of hydrogen-bond donors (Lipinski definition) is 2. The number of fused-ring (bicyclic) bond motifs is 1. The molecular weight excluding hydrogens is 270 g/mol. The molecule has 0 unspecified atom stereocenters. The van der Waals surface area contributed by atoms with Gasteiger partial charge in [-0.05, 0) is 34.5 Å². The third-order valence-electron chi connectivity index (χ3n) is 3.49. The van der Waals surface area contributed by atoms with Gasteiger partial charge in [0.1, 0.15) is 5.75 Å². The molecule has 0 radical (unpaired) electrons. The monoisotopic (exact) mass is 283 g/mol. The van der Waals surface area contributed by atoms with Crippen molar-refractivity contribution in [2.24, 2.45) is 0 Å². The summed E-state index contributed by atoms with van der Waals surface area (Å²) in [7, 11) is 0. The van der Waals surface area contributed by atoms with Gasteiger partial charge in [0, 0.05) is 22.7 Å². The van der Waals surface area contributed by atoms with Crippen LogP contribution in [0.4, 0.5) is 5.69 Å². The number of phenols is 1. The van der Waals surface area contributed by atoms with E-state index in [0.29, 0.717) is 17.1 Å². The summed E-state index contributed by atoms with van der Waals surface area (Å²) in [5.74, 6) is 0.290. The summed E-state index contributed by atoms with van der Waals surface area (Å²) in [5.41, 5.74) is 8.49. The van der Waals surface area contributed by atoms with E-state index in [0.717, 1.165) is 21.9 Å². The quantitative estimate of drug-likeness (QED) is 0.686. The van der Waals surface area contributed by atoms with Gasteiger partial charge in [0.05, 0.1) is 0 Å². The highest BCUT2D eigenvalue weighted by molar-refractivity contribution is 6.30. The molecule has 3 N–H and O–H groups in total. The van der Waals surface area contributed by atoms with Crippen LogP contribution >= 0.6 is 11.6 Å². The first-order valence-electron chi connectivity index (χ1n) is 6.38. The third kappa shape index (κ3) is 2.30. The van der Waals surface area contributed by atoms with Gasteiger partial charge in [0.25, 0.3) is 0 Å². The average Bonchev–Trinajstić information content (AvgIpc) is 2.44. The summed E-state index contributed by atoms with van der Waals surface area (Å²) in [5, 5.41) is 12.9. The Labute approximate surface area is 122 Å². The topological polar surface area (TPSA) is 46.2 Å². The molecule has 0 atom stereocenters. The maximum Gasteiger partial charge on any atom is 0.119 e. The molecule has 3 rings (SSSR count). The third-order valence-corrected chi connectivity index (χ3v) is 3.73. The molecule has 0 aliphatic carbocycles. The smallest absolute Gasteiger partial charge is 0.119 e. The van der Waals surface area contributed by atoms with Crippen LogP contribution in [0.2, 0.25) is 5.02 Å². The van der Waals surface area contributed by atoms with Crippen molar-refractivity contribution in [1.82, 2.24) is 0 Å². The van der Waals surface area contributed by atoms with Crippen LogP contribution < -0.4 is 5.73 Å². The maximum absolute atomic E-state index is 10.1. The number of nitrogen functional groups attached to an aromatic ring is 1. The van der Waals surface area contributed by atoms with Crippen molar-refractivity contribution in [3.63, 3.8) is 0 Å². The van der Waals surface area contributed by atoms with Crippen molar-refractivity contribution in [1.29, 1.82) is 0 Å². The fourth-order valence-electron chi connectivity index (χ4n) is 2.43. The van der Waals surface area contributed by atoms with E-state index in [1.807, 2.05) is 42.5 Å². The van der Waals surface area contributed by atoms with E-state index in [4.69, 9.17) is 17.3 Å². The molecule has 0 spiro atoms. The fraction of sp³-hybridized carbons (Fsp3) is 0.0588. The highest BCUT2D eigenvalue weighted by Crippen LogP contribution is 2.31. The van der Waals surface area contributed by atoms with E-state index in [1.54, 1.807) is 12.1 Å². The second-order valence-corrected chi connectivity index (χ2v) is 5.24. The normalized spacial score (nSPS) is 10.8. The molecule has 0 aliphatic heterocycles. The Hall–Kier alpha value is -2.19. The Morgan fingerprint density at radius 3 is 2.60 bits per heavy atom. The van der Waals surface area contributed by atoms with Gasteiger partial charge < -0.3 is 10.8 Å². The summed E-state index contributed by atoms with van der Waals surface area (Å²) < 4.78 is 0. The summed E-state index contributed by atoms with van der Waals surface area (Å²) in [6.07, 6.45) is 0.580. The Kier molecular flexibility index (Phi) is 3.25. The molecule has 0 aliphatic rings. The first-order valence-corrected chi connectivity index (χ1v) is 6.76. The van der Waals surface area contributed by atoms with Gasteiger partial charge >= 0.3 is 0 Å². The number of anilines is 1. The van der Waals surface area contributed by atoms with E-state index >= 15 is 0 Å². The lowest BCUT2D eigenvalue weighted by atomic mass is 9.97. The molecule has 3 aromatic carbocycles. The van der Waals surface area contributed by atoms with Crippen molar-refractivity contribution in [3.8, 4) is 5.75 Å². The average molecular weight is 284 g/mol. The van der Waals surface area contributed by atoms with Crippen molar-refractivity contribution in [3.05, 3.63) is 70.7 Å². The standard InChI is InChI=1S/C17H14ClNO/c18-13-7-5-12(16(19)10-13)9-15-14-4-2-1-3-11(14)6-8-17(15)20/h1-8,10,20H,9,19H2. The van der Waals surface area contributed by atoms with Gasteiger partial charge in [-0.25, -0.2) is 0 Å². The molecule has 100 valence electrons. The summed E-state index contributed by atoms with van der Waals surface area (Å²) >= 11 is 5.92. The first-order chi connectivity index (χ1) is 9.65. The minimum absolute atomic E-state index is 0.290. The van der Waals surface area contributed by atoms with Gasteiger partial charge in [-0.3, -0.25) is 0 Å². The highest BCUT2D eigenvalue weighted by atomic mass is 35.5. The first kappa shape index (κ1) is 12.8. The summed E-state index contributed by atoms with van der Waals surface area (Å²) in [6, 6.07) is 17.1. The fourth-order valence-corrected chi connectivity index (χ4v) is 2.61. The number of phenolic OH excluding ortho intramolecular Hbond substituents is 1. The van der Waals surface area contributed by atoms with Crippen LogP contribution in [0.15, 0.2) is 54.6 Å². The van der Waals surface area contributed by atoms with Crippen molar-refractivity contribution in [2.75, 3.05) is 5.73 Å². The highest BCUT2D eigenvalue weighted by Gasteiger charge is 2.09. The van der Waals surface area contributed by atoms with E-state index in [2.05, 4.69) is 0 Å². The number of halogens is 1. The Morgan fingerprint density at radius 1 is 1.00 bits per heavy atom. The molecule has 0 saturated carbocycles. The van der Waals surface area contributed by atoms with Crippen molar-refractivity contribution < 1.29 is 5.11 Å². The Bertz CT molecular complexity index is 783. The predicted molar refractivity (Wildman–Crippen MR) is 84.3 cm³/mol. The number of aromatic hydroxyl groups is 1. The molecule has 0 fully saturated rings. The predicted octanol–water partition coefficient (Wildman–Crippen LogP) is 4.37. The lowest BCUT2D eigenvalue weighted by Crippen LogP contribution is -1.97. The molecule has 0 saturated heterocycles. The van der Waals surface area contributed by atoms with Crippen LogP contribution in [-0.2, 0) is 6.42 Å². The number of nitrogens with two attached hydrogens (primary N) is 1. The van der Waals surface area contributed by atoms with Crippen LogP contribution in [0.5, 0.6) is 5.75 Å². The van der Waals surface area contributed by atoms with Crippen LogP contribution in [-0.4, -0.2) is 5.11 Å². The van der Waals surface area contributed by atoms with E-state index in [1.165, 1.54) is 0 Å². The molecule has 0 aromatic heterocycles. The number of rotatable bonds is 2. The van der Waals surface area contributed by atoms with E-state index < -0.39 is 0 Å². The largest absolute Gasteiger partial charge is 0.508 e. The molecular formula is C17H14ClNO. The minimum atomic E-state index is 0.290. The SMILES string of the molecule is Nc1cc(Cl)ccc1Cc1c(O)ccc2ccccc12. The Balaban J connectivity index is 2.12. The van der Waals surface area contributed by atoms with Gasteiger partial charge in [0.2, 0.25) is 0 Å². The summed E-state index contributed by atoms with van der Waals surface area (Å²) in [6.45, 7) is 0. The zero-order chi connectivity index (χ0) is 14.1.